The molecular weight excluding hydrogens is 252 g/mol. The third kappa shape index (κ3) is 4.94. The number of hydrogen-bond donors (Lipinski definition) is 2. The maximum atomic E-state index is 8.78. The quantitative estimate of drug-likeness (QED) is 0.325. The Morgan fingerprint density at radius 2 is 2.00 bits per heavy atom. The van der Waals surface area contributed by atoms with Crippen molar-refractivity contribution < 1.29 is 5.21 Å². The summed E-state index contributed by atoms with van der Waals surface area (Å²) >= 11 is 0. The van der Waals surface area contributed by atoms with Gasteiger partial charge < -0.3 is 20.7 Å². The first kappa shape index (κ1) is 17.2. The van der Waals surface area contributed by atoms with Gasteiger partial charge in [0, 0.05) is 11.5 Å². The first-order chi connectivity index (χ1) is 9.40. The number of likely N-dealkylation sites (tertiary alicyclic amines) is 1. The van der Waals surface area contributed by atoms with Gasteiger partial charge in [0.2, 0.25) is 0 Å². The summed E-state index contributed by atoms with van der Waals surface area (Å²) in [6, 6.07) is 0.713. The molecule has 5 heteroatoms. The lowest BCUT2D eigenvalue weighted by Gasteiger charge is -2.36. The van der Waals surface area contributed by atoms with Crippen LogP contribution in [0.1, 0.15) is 46.5 Å². The van der Waals surface area contributed by atoms with E-state index in [0.717, 1.165) is 19.4 Å². The van der Waals surface area contributed by atoms with Gasteiger partial charge in [0.25, 0.3) is 0 Å². The normalized spacial score (nSPS) is 19.8. The monoisotopic (exact) mass is 284 g/mol. The summed E-state index contributed by atoms with van der Waals surface area (Å²) in [6.45, 7) is 11.0. The molecule has 0 aromatic heterocycles. The molecule has 1 saturated heterocycles. The second-order valence-electron chi connectivity index (χ2n) is 6.62. The summed E-state index contributed by atoms with van der Waals surface area (Å²) in [5.74, 6) is 0.330. The van der Waals surface area contributed by atoms with Crippen molar-refractivity contribution in [2.24, 2.45) is 16.3 Å². The van der Waals surface area contributed by atoms with E-state index >= 15 is 0 Å². The fraction of sp³-hybridized carbons (Fsp3) is 0.933. The van der Waals surface area contributed by atoms with Crippen LogP contribution < -0.4 is 5.73 Å². The maximum absolute atomic E-state index is 8.78. The Bertz CT molecular complexity index is 309. The van der Waals surface area contributed by atoms with Gasteiger partial charge in [-0.2, -0.15) is 0 Å². The van der Waals surface area contributed by atoms with Crippen LogP contribution in [-0.2, 0) is 0 Å². The zero-order chi connectivity index (χ0) is 15.2. The molecule has 20 heavy (non-hydrogen) atoms. The lowest BCUT2D eigenvalue weighted by molar-refractivity contribution is 0.128. The van der Waals surface area contributed by atoms with Gasteiger partial charge in [-0.1, -0.05) is 25.9 Å². The van der Waals surface area contributed by atoms with Gasteiger partial charge in [-0.15, -0.1) is 0 Å². The van der Waals surface area contributed by atoms with E-state index in [1.807, 2.05) is 13.8 Å². The number of hydrogen-bond acceptors (Lipinski definition) is 4. The Kier molecular flexibility index (Phi) is 6.76. The predicted molar refractivity (Wildman–Crippen MR) is 84.2 cm³/mol. The smallest absolute Gasteiger partial charge is 0.144 e. The van der Waals surface area contributed by atoms with Crippen molar-refractivity contribution in [1.29, 1.82) is 0 Å². The molecule has 1 aliphatic heterocycles. The van der Waals surface area contributed by atoms with E-state index in [1.54, 1.807) is 0 Å². The number of rotatable bonds is 7. The van der Waals surface area contributed by atoms with Crippen LogP contribution in [0.3, 0.4) is 0 Å². The number of amidine groups is 1. The zero-order valence-corrected chi connectivity index (χ0v) is 13.6. The maximum Gasteiger partial charge on any atom is 0.144 e. The second-order valence-corrected chi connectivity index (χ2v) is 6.62. The molecule has 0 aliphatic carbocycles. The average Bonchev–Trinajstić information content (AvgIpc) is 2.46. The van der Waals surface area contributed by atoms with Gasteiger partial charge in [0.05, 0.1) is 0 Å². The van der Waals surface area contributed by atoms with Crippen LogP contribution in [0.25, 0.3) is 0 Å². The summed E-state index contributed by atoms with van der Waals surface area (Å²) in [6.07, 6.45) is 4.57. The molecule has 0 bridgehead atoms. The van der Waals surface area contributed by atoms with Crippen molar-refractivity contribution in [3.8, 4) is 0 Å². The van der Waals surface area contributed by atoms with E-state index in [2.05, 4.69) is 28.9 Å². The van der Waals surface area contributed by atoms with E-state index in [0.29, 0.717) is 11.9 Å². The summed E-state index contributed by atoms with van der Waals surface area (Å²) in [5.41, 5.74) is 5.50. The summed E-state index contributed by atoms with van der Waals surface area (Å²) in [4.78, 5) is 5.00. The van der Waals surface area contributed by atoms with Crippen molar-refractivity contribution in [3.63, 3.8) is 0 Å². The van der Waals surface area contributed by atoms with E-state index < -0.39 is 0 Å². The zero-order valence-electron chi connectivity index (χ0n) is 13.6. The van der Waals surface area contributed by atoms with Crippen LogP contribution in [0, 0.1) is 5.41 Å². The number of piperidine rings is 1. The van der Waals surface area contributed by atoms with Gasteiger partial charge in [-0.25, -0.2) is 0 Å². The molecule has 0 aromatic carbocycles. The molecular formula is C15H32N4O. The van der Waals surface area contributed by atoms with E-state index in [1.165, 1.54) is 32.5 Å². The first-order valence-corrected chi connectivity index (χ1v) is 7.81. The minimum Gasteiger partial charge on any atom is -0.409 e. The van der Waals surface area contributed by atoms with E-state index in [9.17, 15) is 0 Å². The molecule has 0 unspecified atom stereocenters. The highest BCUT2D eigenvalue weighted by Gasteiger charge is 2.25. The van der Waals surface area contributed by atoms with Crippen molar-refractivity contribution in [1.82, 2.24) is 9.80 Å². The Hall–Kier alpha value is -0.810. The fourth-order valence-electron chi connectivity index (χ4n) is 2.89. The average molecular weight is 284 g/mol. The Labute approximate surface area is 123 Å². The Balaban J connectivity index is 2.28. The highest BCUT2D eigenvalue weighted by Crippen LogP contribution is 2.23. The SMILES string of the molecule is CCN1CCC(N(C)CCCC(C)(C)C(N)=NO)CC1. The van der Waals surface area contributed by atoms with E-state index in [-0.39, 0.29) is 5.41 Å². The molecule has 0 amide bonds. The fourth-order valence-corrected chi connectivity index (χ4v) is 2.89. The first-order valence-electron chi connectivity index (χ1n) is 7.81. The van der Waals surface area contributed by atoms with Crippen molar-refractivity contribution in [2.75, 3.05) is 33.2 Å². The van der Waals surface area contributed by atoms with Crippen LogP contribution in [0.5, 0.6) is 0 Å². The topological polar surface area (TPSA) is 65.1 Å². The van der Waals surface area contributed by atoms with Crippen LogP contribution in [-0.4, -0.2) is 60.1 Å². The van der Waals surface area contributed by atoms with Crippen LogP contribution >= 0.6 is 0 Å². The van der Waals surface area contributed by atoms with Crippen molar-refractivity contribution in [3.05, 3.63) is 0 Å². The lowest BCUT2D eigenvalue weighted by atomic mass is 9.86. The number of nitrogens with zero attached hydrogens (tertiary/aromatic N) is 3. The molecule has 0 aromatic rings. The summed E-state index contributed by atoms with van der Waals surface area (Å²) in [7, 11) is 2.22. The Morgan fingerprint density at radius 3 is 2.50 bits per heavy atom. The molecule has 118 valence electrons. The minimum absolute atomic E-state index is 0.221. The highest BCUT2D eigenvalue weighted by molar-refractivity contribution is 5.85. The molecule has 0 atom stereocenters. The van der Waals surface area contributed by atoms with Gasteiger partial charge in [-0.3, -0.25) is 0 Å². The van der Waals surface area contributed by atoms with E-state index in [4.69, 9.17) is 10.9 Å². The summed E-state index contributed by atoms with van der Waals surface area (Å²) < 4.78 is 0. The standard InChI is InChI=1S/C15H32N4O/c1-5-19-11-7-13(8-12-19)18(4)10-6-9-15(2,3)14(16)17-20/h13,20H,5-12H2,1-4H3,(H2,16,17). The summed E-state index contributed by atoms with van der Waals surface area (Å²) in [5, 5.41) is 11.9. The molecule has 3 N–H and O–H groups in total. The molecule has 1 aliphatic rings. The molecule has 1 fully saturated rings. The van der Waals surface area contributed by atoms with Gasteiger partial charge in [0.15, 0.2) is 0 Å². The van der Waals surface area contributed by atoms with Crippen molar-refractivity contribution in [2.45, 2.75) is 52.5 Å². The molecule has 1 heterocycles. The predicted octanol–water partition coefficient (Wildman–Crippen LogP) is 1.96. The van der Waals surface area contributed by atoms with Gasteiger partial charge >= 0.3 is 0 Å². The lowest BCUT2D eigenvalue weighted by Crippen LogP contribution is -2.43. The molecule has 1 rings (SSSR count). The minimum atomic E-state index is -0.221. The van der Waals surface area contributed by atoms with Crippen LogP contribution in [0.4, 0.5) is 0 Å². The van der Waals surface area contributed by atoms with Gasteiger partial charge in [0.1, 0.15) is 5.84 Å². The number of nitrogens with two attached hydrogens (primary N) is 1. The Morgan fingerprint density at radius 1 is 1.40 bits per heavy atom. The number of oxime groups is 1. The molecule has 5 nitrogen and oxygen atoms in total. The molecule has 0 spiro atoms. The largest absolute Gasteiger partial charge is 0.409 e. The van der Waals surface area contributed by atoms with Gasteiger partial charge in [-0.05, 0) is 58.9 Å². The highest BCUT2D eigenvalue weighted by atomic mass is 16.4. The molecule has 0 saturated carbocycles. The molecule has 0 radical (unpaired) electrons. The third-order valence-electron chi connectivity index (χ3n) is 4.74. The third-order valence-corrected chi connectivity index (χ3v) is 4.74. The van der Waals surface area contributed by atoms with Crippen LogP contribution in [0.15, 0.2) is 5.16 Å². The van der Waals surface area contributed by atoms with Crippen molar-refractivity contribution >= 4 is 5.84 Å². The van der Waals surface area contributed by atoms with Crippen LogP contribution in [0.2, 0.25) is 0 Å². The second kappa shape index (κ2) is 7.84.